The molecule has 0 amide bonds. The third kappa shape index (κ3) is 3.45. The molecule has 4 aromatic rings. The average molecular weight is 412 g/mol. The lowest BCUT2D eigenvalue weighted by Gasteiger charge is -2.31. The lowest BCUT2D eigenvalue weighted by molar-refractivity contribution is 0.187. The van der Waals surface area contributed by atoms with Gasteiger partial charge in [-0.05, 0) is 38.4 Å². The van der Waals surface area contributed by atoms with Crippen molar-refractivity contribution in [1.29, 1.82) is 0 Å². The normalized spacial score (nSPS) is 18.0. The van der Waals surface area contributed by atoms with Crippen molar-refractivity contribution in [2.45, 2.75) is 32.2 Å². The van der Waals surface area contributed by atoms with Crippen LogP contribution < -0.4 is 0 Å². The highest BCUT2D eigenvalue weighted by Gasteiger charge is 2.28. The summed E-state index contributed by atoms with van der Waals surface area (Å²) in [6, 6.07) is 9.80. The Balaban J connectivity index is 1.39. The van der Waals surface area contributed by atoms with Gasteiger partial charge in [0.25, 0.3) is 0 Å². The number of para-hydroxylation sites is 2. The zero-order chi connectivity index (χ0) is 20.0. The smallest absolute Gasteiger partial charge is 0.199 e. The zero-order valence-electron chi connectivity index (χ0n) is 16.4. The predicted octanol–water partition coefficient (Wildman–Crippen LogP) is 4.56. The summed E-state index contributed by atoms with van der Waals surface area (Å²) in [4.78, 5) is 7.10. The Labute approximate surface area is 173 Å². The highest BCUT2D eigenvalue weighted by molar-refractivity contribution is 6.30. The van der Waals surface area contributed by atoms with Crippen LogP contribution in [0.25, 0.3) is 22.5 Å². The van der Waals surface area contributed by atoms with E-state index in [1.165, 1.54) is 0 Å². The number of benzene rings is 1. The maximum absolute atomic E-state index is 6.58. The molecule has 1 unspecified atom stereocenters. The predicted molar refractivity (Wildman–Crippen MR) is 110 cm³/mol. The molecular formula is C21H22ClN5O2. The molecule has 4 heterocycles. The number of oxazole rings is 1. The summed E-state index contributed by atoms with van der Waals surface area (Å²) in [7, 11) is 1.85. The van der Waals surface area contributed by atoms with Crippen LogP contribution in [0.5, 0.6) is 0 Å². The van der Waals surface area contributed by atoms with E-state index in [1.54, 1.807) is 4.68 Å². The van der Waals surface area contributed by atoms with Crippen molar-refractivity contribution in [3.8, 4) is 11.4 Å². The van der Waals surface area contributed by atoms with E-state index in [1.807, 2.05) is 44.3 Å². The van der Waals surface area contributed by atoms with Crippen LogP contribution in [-0.2, 0) is 13.6 Å². The summed E-state index contributed by atoms with van der Waals surface area (Å²) >= 11 is 6.58. The van der Waals surface area contributed by atoms with Crippen molar-refractivity contribution in [3.63, 3.8) is 0 Å². The van der Waals surface area contributed by atoms with Gasteiger partial charge in [0.2, 0.25) is 0 Å². The summed E-state index contributed by atoms with van der Waals surface area (Å²) < 4.78 is 13.0. The van der Waals surface area contributed by atoms with Gasteiger partial charge >= 0.3 is 0 Å². The first kappa shape index (κ1) is 18.4. The van der Waals surface area contributed by atoms with Gasteiger partial charge in [-0.1, -0.05) is 28.9 Å². The Morgan fingerprint density at radius 3 is 2.93 bits per heavy atom. The fourth-order valence-corrected chi connectivity index (χ4v) is 4.25. The fraction of sp³-hybridized carbons (Fsp3) is 0.381. The SMILES string of the molecule is Cc1cc(-c2nn(C)c(Cl)c2CN2CCCC(c3nc4ccccc4o3)C2)no1. The van der Waals surface area contributed by atoms with E-state index in [0.29, 0.717) is 17.4 Å². The minimum atomic E-state index is 0.268. The van der Waals surface area contributed by atoms with E-state index >= 15 is 0 Å². The molecule has 1 aromatic carbocycles. The molecule has 1 aliphatic heterocycles. The Morgan fingerprint density at radius 2 is 2.14 bits per heavy atom. The monoisotopic (exact) mass is 411 g/mol. The number of piperidine rings is 1. The largest absolute Gasteiger partial charge is 0.440 e. The second-order valence-electron chi connectivity index (χ2n) is 7.66. The number of aryl methyl sites for hydroxylation is 2. The van der Waals surface area contributed by atoms with Crippen LogP contribution in [0, 0.1) is 6.92 Å². The second kappa shape index (κ2) is 7.31. The molecule has 0 radical (unpaired) electrons. The highest BCUT2D eigenvalue weighted by atomic mass is 35.5. The van der Waals surface area contributed by atoms with Crippen molar-refractivity contribution >= 4 is 22.7 Å². The minimum Gasteiger partial charge on any atom is -0.440 e. The van der Waals surface area contributed by atoms with Crippen molar-refractivity contribution in [2.75, 3.05) is 13.1 Å². The molecule has 29 heavy (non-hydrogen) atoms. The van der Waals surface area contributed by atoms with E-state index in [0.717, 1.165) is 59.9 Å². The van der Waals surface area contributed by atoms with Gasteiger partial charge in [-0.3, -0.25) is 9.58 Å². The van der Waals surface area contributed by atoms with Crippen molar-refractivity contribution in [3.05, 3.63) is 52.7 Å². The highest BCUT2D eigenvalue weighted by Crippen LogP contribution is 2.33. The molecule has 0 aliphatic carbocycles. The summed E-state index contributed by atoms with van der Waals surface area (Å²) in [6.45, 7) is 4.44. The quantitative estimate of drug-likeness (QED) is 0.490. The topological polar surface area (TPSA) is 73.1 Å². The molecule has 7 nitrogen and oxygen atoms in total. The Kier molecular flexibility index (Phi) is 4.64. The van der Waals surface area contributed by atoms with Crippen LogP contribution in [0.15, 0.2) is 39.3 Å². The molecule has 0 bridgehead atoms. The van der Waals surface area contributed by atoms with Gasteiger partial charge in [-0.2, -0.15) is 5.10 Å². The van der Waals surface area contributed by atoms with Crippen molar-refractivity contribution < 1.29 is 8.94 Å². The molecule has 0 saturated carbocycles. The van der Waals surface area contributed by atoms with Crippen molar-refractivity contribution in [2.24, 2.45) is 7.05 Å². The lowest BCUT2D eigenvalue weighted by Crippen LogP contribution is -2.34. The third-order valence-corrected chi connectivity index (χ3v) is 5.96. The average Bonchev–Trinajstić information content (AvgIpc) is 3.42. The third-order valence-electron chi connectivity index (χ3n) is 5.49. The first-order chi connectivity index (χ1) is 14.1. The van der Waals surface area contributed by atoms with Gasteiger partial charge in [-0.25, -0.2) is 4.98 Å². The lowest BCUT2D eigenvalue weighted by atomic mass is 9.97. The molecule has 1 fully saturated rings. The Hall–Kier alpha value is -2.64. The van der Waals surface area contributed by atoms with Crippen LogP contribution >= 0.6 is 11.6 Å². The standard InChI is InChI=1S/C21H22ClN5O2/c1-13-10-17(25-29-13)19-15(20(22)26(2)24-19)12-27-9-5-6-14(11-27)21-23-16-7-3-4-8-18(16)28-21/h3-4,7-8,10,14H,5-6,9,11-12H2,1-2H3. The van der Waals surface area contributed by atoms with Gasteiger partial charge in [0.05, 0.1) is 0 Å². The maximum atomic E-state index is 6.58. The van der Waals surface area contributed by atoms with Crippen molar-refractivity contribution in [1.82, 2.24) is 24.8 Å². The summed E-state index contributed by atoms with van der Waals surface area (Å²) in [5.41, 5.74) is 4.23. The molecule has 1 atom stereocenters. The van der Waals surface area contributed by atoms with E-state index in [4.69, 9.17) is 25.5 Å². The van der Waals surface area contributed by atoms with Crippen LogP contribution in [0.3, 0.4) is 0 Å². The zero-order valence-corrected chi connectivity index (χ0v) is 17.2. The molecule has 0 spiro atoms. The molecule has 3 aromatic heterocycles. The van der Waals surface area contributed by atoms with Crippen LogP contribution in [0.4, 0.5) is 0 Å². The van der Waals surface area contributed by atoms with E-state index in [9.17, 15) is 0 Å². The molecule has 1 aliphatic rings. The Morgan fingerprint density at radius 1 is 1.28 bits per heavy atom. The van der Waals surface area contributed by atoms with Gasteiger partial charge in [0.15, 0.2) is 11.5 Å². The molecule has 150 valence electrons. The number of hydrogen-bond donors (Lipinski definition) is 0. The number of rotatable bonds is 4. The minimum absolute atomic E-state index is 0.268. The van der Waals surface area contributed by atoms with E-state index in [-0.39, 0.29) is 5.92 Å². The first-order valence-electron chi connectivity index (χ1n) is 9.81. The van der Waals surface area contributed by atoms with Gasteiger partial charge < -0.3 is 8.94 Å². The number of likely N-dealkylation sites (tertiary alicyclic amines) is 1. The summed E-state index contributed by atoms with van der Waals surface area (Å²) in [6.07, 6.45) is 2.15. The van der Waals surface area contributed by atoms with Gasteiger partial charge in [0, 0.05) is 37.7 Å². The maximum Gasteiger partial charge on any atom is 0.199 e. The number of aromatic nitrogens is 4. The molecule has 8 heteroatoms. The van der Waals surface area contributed by atoms with Crippen LogP contribution in [-0.4, -0.2) is 37.9 Å². The van der Waals surface area contributed by atoms with Crippen LogP contribution in [0.2, 0.25) is 5.15 Å². The first-order valence-corrected chi connectivity index (χ1v) is 10.2. The fourth-order valence-electron chi connectivity index (χ4n) is 4.06. The molecule has 1 saturated heterocycles. The summed E-state index contributed by atoms with van der Waals surface area (Å²) in [5.74, 6) is 1.84. The van der Waals surface area contributed by atoms with Gasteiger partial charge in [-0.15, -0.1) is 0 Å². The molecular weight excluding hydrogens is 390 g/mol. The Bertz CT molecular complexity index is 1130. The van der Waals surface area contributed by atoms with Gasteiger partial charge in [0.1, 0.15) is 27.8 Å². The molecule has 0 N–H and O–H groups in total. The van der Waals surface area contributed by atoms with E-state index < -0.39 is 0 Å². The number of halogens is 1. The second-order valence-corrected chi connectivity index (χ2v) is 8.02. The summed E-state index contributed by atoms with van der Waals surface area (Å²) in [5, 5.41) is 9.33. The number of hydrogen-bond acceptors (Lipinski definition) is 6. The van der Waals surface area contributed by atoms with Crippen LogP contribution in [0.1, 0.15) is 36.0 Å². The van der Waals surface area contributed by atoms with E-state index in [2.05, 4.69) is 15.2 Å². The number of nitrogens with zero attached hydrogens (tertiary/aromatic N) is 5. The number of fused-ring (bicyclic) bond motifs is 1. The molecule has 5 rings (SSSR count).